The van der Waals surface area contributed by atoms with Gasteiger partial charge in [0, 0.05) is 18.7 Å². The SMILES string of the molecule is Cc1noc(C)c1CC(C)N1C(=O)N(C)C2(CCCCC2)C1=O. The molecule has 2 aliphatic rings. The fourth-order valence-corrected chi connectivity index (χ4v) is 4.05. The Morgan fingerprint density at radius 1 is 1.22 bits per heavy atom. The molecule has 0 radical (unpaired) electrons. The lowest BCUT2D eigenvalue weighted by atomic mass is 9.80. The molecular weight excluding hydrogens is 294 g/mol. The first-order valence-electron chi connectivity index (χ1n) is 8.41. The van der Waals surface area contributed by atoms with Crippen molar-refractivity contribution in [3.8, 4) is 0 Å². The van der Waals surface area contributed by atoms with Crippen molar-refractivity contribution in [3.05, 3.63) is 17.0 Å². The van der Waals surface area contributed by atoms with Crippen molar-refractivity contribution in [2.75, 3.05) is 7.05 Å². The molecule has 1 aromatic heterocycles. The van der Waals surface area contributed by atoms with Crippen LogP contribution in [0.3, 0.4) is 0 Å². The standard InChI is InChI=1S/C17H25N3O3/c1-11(10-14-12(2)18-23-13(14)3)20-15(21)17(19(4)16(20)22)8-6-5-7-9-17/h11H,5-10H2,1-4H3. The minimum absolute atomic E-state index is 0.0241. The third-order valence-electron chi connectivity index (χ3n) is 5.55. The van der Waals surface area contributed by atoms with Gasteiger partial charge in [-0.25, -0.2) is 4.79 Å². The van der Waals surface area contributed by atoms with Crippen molar-refractivity contribution >= 4 is 11.9 Å². The van der Waals surface area contributed by atoms with Gasteiger partial charge in [0.1, 0.15) is 11.3 Å². The zero-order chi connectivity index (χ0) is 16.8. The monoisotopic (exact) mass is 319 g/mol. The van der Waals surface area contributed by atoms with Gasteiger partial charge in [-0.1, -0.05) is 24.4 Å². The van der Waals surface area contributed by atoms with E-state index >= 15 is 0 Å². The summed E-state index contributed by atoms with van der Waals surface area (Å²) in [5.74, 6) is 0.734. The van der Waals surface area contributed by atoms with E-state index in [9.17, 15) is 9.59 Å². The summed E-state index contributed by atoms with van der Waals surface area (Å²) >= 11 is 0. The lowest BCUT2D eigenvalue weighted by Crippen LogP contribution is -2.49. The van der Waals surface area contributed by atoms with Crippen molar-refractivity contribution in [1.82, 2.24) is 15.0 Å². The first kappa shape index (κ1) is 16.0. The Morgan fingerprint density at radius 3 is 2.43 bits per heavy atom. The number of aryl methyl sites for hydroxylation is 2. The molecule has 1 aliphatic carbocycles. The summed E-state index contributed by atoms with van der Waals surface area (Å²) in [4.78, 5) is 28.9. The topological polar surface area (TPSA) is 66.7 Å². The molecule has 1 atom stereocenters. The van der Waals surface area contributed by atoms with Crippen LogP contribution >= 0.6 is 0 Å². The second kappa shape index (κ2) is 5.65. The van der Waals surface area contributed by atoms with Crippen LogP contribution in [-0.4, -0.2) is 45.5 Å². The highest BCUT2D eigenvalue weighted by atomic mass is 16.5. The van der Waals surface area contributed by atoms with Crippen molar-refractivity contribution in [2.45, 2.75) is 70.9 Å². The summed E-state index contributed by atoms with van der Waals surface area (Å²) in [7, 11) is 1.77. The van der Waals surface area contributed by atoms with Gasteiger partial charge in [0.05, 0.1) is 5.69 Å². The van der Waals surface area contributed by atoms with Gasteiger partial charge in [0.15, 0.2) is 0 Å². The third-order valence-corrected chi connectivity index (χ3v) is 5.55. The van der Waals surface area contributed by atoms with Gasteiger partial charge in [0.25, 0.3) is 5.91 Å². The Morgan fingerprint density at radius 2 is 1.87 bits per heavy atom. The molecule has 6 heteroatoms. The lowest BCUT2D eigenvalue weighted by molar-refractivity contribution is -0.135. The van der Waals surface area contributed by atoms with Gasteiger partial charge < -0.3 is 9.42 Å². The number of urea groups is 1. The molecule has 0 N–H and O–H groups in total. The Balaban J connectivity index is 1.85. The number of nitrogens with zero attached hydrogens (tertiary/aromatic N) is 3. The molecule has 1 aliphatic heterocycles. The van der Waals surface area contributed by atoms with E-state index in [0.717, 1.165) is 49.1 Å². The third kappa shape index (κ3) is 2.35. The van der Waals surface area contributed by atoms with E-state index in [1.807, 2.05) is 20.8 Å². The molecule has 23 heavy (non-hydrogen) atoms. The van der Waals surface area contributed by atoms with Crippen molar-refractivity contribution in [2.24, 2.45) is 0 Å². The van der Waals surface area contributed by atoms with Gasteiger partial charge in [0.2, 0.25) is 0 Å². The Bertz CT molecular complexity index is 612. The smallest absolute Gasteiger partial charge is 0.327 e. The van der Waals surface area contributed by atoms with E-state index in [1.54, 1.807) is 11.9 Å². The molecule has 1 spiro atoms. The zero-order valence-corrected chi connectivity index (χ0v) is 14.4. The number of hydrogen-bond donors (Lipinski definition) is 0. The van der Waals surface area contributed by atoms with Gasteiger partial charge in [-0.05, 0) is 40.0 Å². The van der Waals surface area contributed by atoms with Crippen LogP contribution in [-0.2, 0) is 11.2 Å². The summed E-state index contributed by atoms with van der Waals surface area (Å²) in [6.45, 7) is 5.68. The van der Waals surface area contributed by atoms with Crippen LogP contribution in [0.4, 0.5) is 4.79 Å². The zero-order valence-electron chi connectivity index (χ0n) is 14.4. The Kier molecular flexibility index (Phi) is 3.94. The normalized spacial score (nSPS) is 22.3. The van der Waals surface area contributed by atoms with Crippen LogP contribution in [0.25, 0.3) is 0 Å². The molecule has 1 saturated heterocycles. The summed E-state index contributed by atoms with van der Waals surface area (Å²) in [6, 6.07) is -0.369. The van der Waals surface area contributed by atoms with Crippen molar-refractivity contribution in [1.29, 1.82) is 0 Å². The van der Waals surface area contributed by atoms with Crippen LogP contribution in [0.5, 0.6) is 0 Å². The maximum absolute atomic E-state index is 13.1. The fraction of sp³-hybridized carbons (Fsp3) is 0.706. The second-order valence-electron chi connectivity index (χ2n) is 6.96. The maximum atomic E-state index is 13.1. The fourth-order valence-electron chi connectivity index (χ4n) is 4.05. The Hall–Kier alpha value is -1.85. The van der Waals surface area contributed by atoms with Crippen molar-refractivity contribution in [3.63, 3.8) is 0 Å². The number of hydrogen-bond acceptors (Lipinski definition) is 4. The first-order chi connectivity index (χ1) is 10.9. The minimum Gasteiger partial charge on any atom is -0.361 e. The molecule has 6 nitrogen and oxygen atoms in total. The largest absolute Gasteiger partial charge is 0.361 e. The molecule has 2 heterocycles. The molecule has 2 fully saturated rings. The summed E-state index contributed by atoms with van der Waals surface area (Å²) in [5.41, 5.74) is 1.21. The molecule has 1 aromatic rings. The van der Waals surface area contributed by atoms with Gasteiger partial charge in [-0.15, -0.1) is 0 Å². The molecule has 3 rings (SSSR count). The summed E-state index contributed by atoms with van der Waals surface area (Å²) < 4.78 is 5.19. The Labute approximate surface area is 136 Å². The first-order valence-corrected chi connectivity index (χ1v) is 8.41. The number of imide groups is 1. The average Bonchev–Trinajstić information content (AvgIpc) is 2.94. The van der Waals surface area contributed by atoms with Crippen molar-refractivity contribution < 1.29 is 14.1 Å². The minimum atomic E-state index is -0.609. The maximum Gasteiger partial charge on any atom is 0.327 e. The van der Waals surface area contributed by atoms with Crippen LogP contribution in [0.15, 0.2) is 4.52 Å². The second-order valence-corrected chi connectivity index (χ2v) is 6.96. The summed E-state index contributed by atoms with van der Waals surface area (Å²) in [5, 5.41) is 3.96. The van der Waals surface area contributed by atoms with Crippen LogP contribution in [0, 0.1) is 13.8 Å². The van der Waals surface area contributed by atoms with E-state index in [2.05, 4.69) is 5.16 Å². The van der Waals surface area contributed by atoms with Gasteiger partial charge >= 0.3 is 6.03 Å². The predicted octanol–water partition coefficient (Wildman–Crippen LogP) is 2.82. The molecule has 3 amide bonds. The molecule has 126 valence electrons. The number of rotatable bonds is 3. The predicted molar refractivity (Wildman–Crippen MR) is 85.0 cm³/mol. The van der Waals surface area contributed by atoms with Crippen LogP contribution in [0.2, 0.25) is 0 Å². The highest BCUT2D eigenvalue weighted by Crippen LogP contribution is 2.40. The average molecular weight is 319 g/mol. The molecule has 0 aromatic carbocycles. The quantitative estimate of drug-likeness (QED) is 0.804. The number of likely N-dealkylation sites (N-methyl/N-ethyl adjacent to an activating group) is 1. The number of amides is 3. The molecule has 0 bridgehead atoms. The molecular formula is C17H25N3O3. The van der Waals surface area contributed by atoms with Crippen LogP contribution in [0.1, 0.15) is 56.0 Å². The van der Waals surface area contributed by atoms with Crippen LogP contribution < -0.4 is 0 Å². The van der Waals surface area contributed by atoms with E-state index in [4.69, 9.17) is 4.52 Å². The highest BCUT2D eigenvalue weighted by molar-refractivity contribution is 6.07. The number of carbonyl (C=O) groups is 2. The number of carbonyl (C=O) groups excluding carboxylic acids is 2. The highest BCUT2D eigenvalue weighted by Gasteiger charge is 2.56. The number of aromatic nitrogens is 1. The van der Waals surface area contributed by atoms with E-state index in [-0.39, 0.29) is 18.0 Å². The van der Waals surface area contributed by atoms with E-state index < -0.39 is 5.54 Å². The molecule has 1 saturated carbocycles. The van der Waals surface area contributed by atoms with E-state index in [0.29, 0.717) is 6.42 Å². The summed E-state index contributed by atoms with van der Waals surface area (Å²) in [6.07, 6.45) is 5.31. The van der Waals surface area contributed by atoms with Gasteiger partial charge in [-0.2, -0.15) is 0 Å². The lowest BCUT2D eigenvalue weighted by Gasteiger charge is -2.36. The molecule has 1 unspecified atom stereocenters. The van der Waals surface area contributed by atoms with Gasteiger partial charge in [-0.3, -0.25) is 9.69 Å². The van der Waals surface area contributed by atoms with E-state index in [1.165, 1.54) is 4.90 Å².